The number of methoxy groups -OCH3 is 1. The van der Waals surface area contributed by atoms with Crippen LogP contribution >= 0.6 is 23.2 Å². The number of esters is 1. The Morgan fingerprint density at radius 2 is 1.95 bits per heavy atom. The van der Waals surface area contributed by atoms with Gasteiger partial charge in [0.15, 0.2) is 5.69 Å². The fraction of sp³-hybridized carbons (Fsp3) is 0.0833. The average Bonchev–Trinajstić information content (AvgIpc) is 2.49. The van der Waals surface area contributed by atoms with Crippen LogP contribution in [0, 0.1) is 0 Å². The predicted octanol–water partition coefficient (Wildman–Crippen LogP) is 2.20. The van der Waals surface area contributed by atoms with E-state index < -0.39 is 11.8 Å². The second-order valence-electron chi connectivity index (χ2n) is 3.56. The summed E-state index contributed by atoms with van der Waals surface area (Å²) in [5.74, 6) is -1.31. The van der Waals surface area contributed by atoms with Crippen LogP contribution < -0.4 is 0 Å². The van der Waals surface area contributed by atoms with Crippen LogP contribution in [0.15, 0.2) is 24.7 Å². The van der Waals surface area contributed by atoms with Crippen LogP contribution in [0.5, 0.6) is 0 Å². The van der Waals surface area contributed by atoms with E-state index in [1.807, 2.05) is 0 Å². The predicted molar refractivity (Wildman–Crippen MR) is 71.1 cm³/mol. The highest BCUT2D eigenvalue weighted by Gasteiger charge is 2.21. The van der Waals surface area contributed by atoms with Crippen LogP contribution in [-0.2, 0) is 4.74 Å². The summed E-state index contributed by atoms with van der Waals surface area (Å²) in [6, 6.07) is 1.26. The minimum atomic E-state index is -0.786. The highest BCUT2D eigenvalue weighted by Crippen LogP contribution is 2.26. The van der Waals surface area contributed by atoms with Gasteiger partial charge in [-0.1, -0.05) is 23.2 Å². The van der Waals surface area contributed by atoms with E-state index in [0.717, 1.165) is 0 Å². The zero-order valence-electron chi connectivity index (χ0n) is 10.1. The molecule has 0 saturated carbocycles. The Bertz CT molecular complexity index is 677. The highest BCUT2D eigenvalue weighted by atomic mass is 35.5. The normalized spacial score (nSPS) is 10.2. The Balaban J connectivity index is 2.51. The smallest absolute Gasteiger partial charge is 0.358 e. The molecule has 0 aliphatic rings. The van der Waals surface area contributed by atoms with Gasteiger partial charge in [0, 0.05) is 12.4 Å². The number of ketones is 1. The van der Waals surface area contributed by atoms with Gasteiger partial charge < -0.3 is 4.74 Å². The monoisotopic (exact) mass is 311 g/mol. The van der Waals surface area contributed by atoms with Crippen molar-refractivity contribution in [3.8, 4) is 0 Å². The maximum Gasteiger partial charge on any atom is 0.358 e. The van der Waals surface area contributed by atoms with Crippen molar-refractivity contribution in [3.05, 3.63) is 51.8 Å². The Kier molecular flexibility index (Phi) is 4.26. The third kappa shape index (κ3) is 2.76. The number of hydrogen-bond acceptors (Lipinski definition) is 6. The van der Waals surface area contributed by atoms with Gasteiger partial charge in [0.1, 0.15) is 11.4 Å². The molecule has 0 aliphatic heterocycles. The molecule has 0 aliphatic carbocycles. The van der Waals surface area contributed by atoms with Crippen LogP contribution in [0.25, 0.3) is 0 Å². The van der Waals surface area contributed by atoms with Gasteiger partial charge in [0.25, 0.3) is 0 Å². The van der Waals surface area contributed by atoms with Crippen molar-refractivity contribution in [2.24, 2.45) is 0 Å². The minimum absolute atomic E-state index is 0.0225. The van der Waals surface area contributed by atoms with Crippen molar-refractivity contribution in [1.82, 2.24) is 15.0 Å². The number of hydrogen-bond donors (Lipinski definition) is 0. The Hall–Kier alpha value is -2.05. The average molecular weight is 312 g/mol. The molecule has 0 amide bonds. The molecule has 102 valence electrons. The zero-order chi connectivity index (χ0) is 14.7. The van der Waals surface area contributed by atoms with Crippen LogP contribution in [0.4, 0.5) is 0 Å². The van der Waals surface area contributed by atoms with Crippen LogP contribution in [0.3, 0.4) is 0 Å². The van der Waals surface area contributed by atoms with E-state index in [4.69, 9.17) is 23.2 Å². The fourth-order valence-electron chi connectivity index (χ4n) is 1.39. The number of pyridine rings is 1. The van der Waals surface area contributed by atoms with E-state index in [-0.39, 0.29) is 27.1 Å². The van der Waals surface area contributed by atoms with Gasteiger partial charge in [-0.25, -0.2) is 14.8 Å². The van der Waals surface area contributed by atoms with Gasteiger partial charge in [-0.15, -0.1) is 0 Å². The number of carbonyl (C=O) groups is 2. The minimum Gasteiger partial charge on any atom is -0.464 e. The van der Waals surface area contributed by atoms with Crippen molar-refractivity contribution < 1.29 is 14.3 Å². The summed E-state index contributed by atoms with van der Waals surface area (Å²) in [4.78, 5) is 35.2. The van der Waals surface area contributed by atoms with Gasteiger partial charge in [0.05, 0.1) is 23.4 Å². The number of rotatable bonds is 3. The molecule has 0 bridgehead atoms. The lowest BCUT2D eigenvalue weighted by Crippen LogP contribution is -2.12. The molecule has 6 nitrogen and oxygen atoms in total. The largest absolute Gasteiger partial charge is 0.464 e. The number of nitrogens with zero attached hydrogens (tertiary/aromatic N) is 3. The maximum absolute atomic E-state index is 12.2. The number of carbonyl (C=O) groups excluding carboxylic acids is 2. The molecule has 0 atom stereocenters. The van der Waals surface area contributed by atoms with Gasteiger partial charge >= 0.3 is 5.97 Å². The van der Waals surface area contributed by atoms with Gasteiger partial charge in [-0.3, -0.25) is 9.78 Å². The highest BCUT2D eigenvalue weighted by molar-refractivity contribution is 6.43. The topological polar surface area (TPSA) is 82.0 Å². The second-order valence-corrected chi connectivity index (χ2v) is 4.35. The summed E-state index contributed by atoms with van der Waals surface area (Å²) in [7, 11) is 1.17. The molecular formula is C12H7Cl2N3O3. The molecule has 0 radical (unpaired) electrons. The van der Waals surface area contributed by atoms with Crippen molar-refractivity contribution in [2.75, 3.05) is 7.11 Å². The van der Waals surface area contributed by atoms with Gasteiger partial charge in [-0.2, -0.15) is 0 Å². The number of ether oxygens (including phenoxy) is 1. The molecule has 0 saturated heterocycles. The van der Waals surface area contributed by atoms with Gasteiger partial charge in [0.2, 0.25) is 5.78 Å². The van der Waals surface area contributed by atoms with Crippen molar-refractivity contribution in [1.29, 1.82) is 0 Å². The van der Waals surface area contributed by atoms with E-state index >= 15 is 0 Å². The molecule has 2 rings (SSSR count). The molecule has 2 aromatic heterocycles. The molecule has 0 unspecified atom stereocenters. The molecule has 0 spiro atoms. The van der Waals surface area contributed by atoms with Crippen LogP contribution in [0.2, 0.25) is 10.0 Å². The van der Waals surface area contributed by atoms with Gasteiger partial charge in [-0.05, 0) is 6.07 Å². The first kappa shape index (κ1) is 14.4. The quantitative estimate of drug-likeness (QED) is 0.638. The summed E-state index contributed by atoms with van der Waals surface area (Å²) >= 11 is 11.7. The van der Waals surface area contributed by atoms with E-state index in [1.165, 1.54) is 31.8 Å². The molecule has 2 heterocycles. The fourth-order valence-corrected chi connectivity index (χ4v) is 1.76. The standard InChI is InChI=1S/C12H7Cl2N3O3/c1-20-12(19)10-9(14)6(13)4-7(17-10)11(18)8-5-15-2-3-16-8/h2-5H,1H3. The molecule has 0 aromatic carbocycles. The molecule has 0 fully saturated rings. The molecule has 20 heavy (non-hydrogen) atoms. The van der Waals surface area contributed by atoms with Crippen LogP contribution in [-0.4, -0.2) is 33.8 Å². The summed E-state index contributed by atoms with van der Waals surface area (Å²) in [6.45, 7) is 0. The SMILES string of the molecule is COC(=O)c1nc(C(=O)c2cnccn2)cc(Cl)c1Cl. The third-order valence-corrected chi connectivity index (χ3v) is 3.10. The molecule has 8 heteroatoms. The maximum atomic E-state index is 12.2. The lowest BCUT2D eigenvalue weighted by molar-refractivity contribution is 0.0594. The van der Waals surface area contributed by atoms with E-state index in [9.17, 15) is 9.59 Å². The summed E-state index contributed by atoms with van der Waals surface area (Å²) in [5.41, 5.74) is -0.219. The third-order valence-electron chi connectivity index (χ3n) is 2.32. The zero-order valence-corrected chi connectivity index (χ0v) is 11.6. The summed E-state index contributed by atoms with van der Waals surface area (Å²) in [5, 5.41) is -0.0523. The number of halogens is 2. The first-order chi connectivity index (χ1) is 9.54. The first-order valence-corrected chi connectivity index (χ1v) is 6.05. The summed E-state index contributed by atoms with van der Waals surface area (Å²) in [6.07, 6.45) is 4.08. The number of aromatic nitrogens is 3. The van der Waals surface area contributed by atoms with E-state index in [1.54, 1.807) is 0 Å². The summed E-state index contributed by atoms with van der Waals surface area (Å²) < 4.78 is 4.53. The van der Waals surface area contributed by atoms with Crippen LogP contribution in [0.1, 0.15) is 26.7 Å². The van der Waals surface area contributed by atoms with E-state index in [2.05, 4.69) is 19.7 Å². The Morgan fingerprint density at radius 3 is 2.55 bits per heavy atom. The Morgan fingerprint density at radius 1 is 1.20 bits per heavy atom. The molecule has 0 N–H and O–H groups in total. The second kappa shape index (κ2) is 5.94. The lowest BCUT2D eigenvalue weighted by Gasteiger charge is -2.06. The lowest BCUT2D eigenvalue weighted by atomic mass is 10.2. The molecular weight excluding hydrogens is 305 g/mol. The van der Waals surface area contributed by atoms with Crippen molar-refractivity contribution in [3.63, 3.8) is 0 Å². The first-order valence-electron chi connectivity index (χ1n) is 5.29. The van der Waals surface area contributed by atoms with Crippen molar-refractivity contribution in [2.45, 2.75) is 0 Å². The molecule has 2 aromatic rings. The Labute approximate surface area is 123 Å². The van der Waals surface area contributed by atoms with E-state index in [0.29, 0.717) is 0 Å². The van der Waals surface area contributed by atoms with Crippen molar-refractivity contribution >= 4 is 35.0 Å².